The molecule has 1 atom stereocenters. The van der Waals surface area contributed by atoms with Crippen LogP contribution in [0.3, 0.4) is 0 Å². The van der Waals surface area contributed by atoms with Crippen molar-refractivity contribution < 1.29 is 23.1 Å². The van der Waals surface area contributed by atoms with Crippen molar-refractivity contribution in [2.75, 3.05) is 31.1 Å². The SMILES string of the molecule is CC(=O)N1CCO[C@@H](Cn2c(-c3c(F)cc(N4CCCC4=O)cc3Cl)nc3cc(C)c(F)cc32)C1. The van der Waals surface area contributed by atoms with Crippen LogP contribution >= 0.6 is 11.6 Å². The van der Waals surface area contributed by atoms with Crippen molar-refractivity contribution in [3.05, 3.63) is 46.5 Å². The van der Waals surface area contributed by atoms with Crippen LogP contribution in [0.4, 0.5) is 14.5 Å². The number of aryl methyl sites for hydroxylation is 1. The molecule has 2 aliphatic rings. The fraction of sp³-hybridized carbons (Fsp3) is 0.400. The molecule has 0 unspecified atom stereocenters. The lowest BCUT2D eigenvalue weighted by atomic mass is 10.1. The Bertz CT molecular complexity index is 1320. The van der Waals surface area contributed by atoms with Gasteiger partial charge in [-0.2, -0.15) is 0 Å². The zero-order valence-corrected chi connectivity index (χ0v) is 20.2. The first kappa shape index (κ1) is 23.7. The Morgan fingerprint density at radius 1 is 1.20 bits per heavy atom. The van der Waals surface area contributed by atoms with E-state index in [4.69, 9.17) is 16.3 Å². The van der Waals surface area contributed by atoms with Crippen molar-refractivity contribution in [2.45, 2.75) is 39.3 Å². The molecule has 0 saturated carbocycles. The Morgan fingerprint density at radius 3 is 2.69 bits per heavy atom. The van der Waals surface area contributed by atoms with Gasteiger partial charge in [0.2, 0.25) is 11.8 Å². The normalized spacial score (nSPS) is 18.7. The van der Waals surface area contributed by atoms with Crippen molar-refractivity contribution in [1.82, 2.24) is 14.5 Å². The maximum absolute atomic E-state index is 15.6. The van der Waals surface area contributed by atoms with Crippen LogP contribution in [0.2, 0.25) is 5.02 Å². The molecule has 2 saturated heterocycles. The highest BCUT2D eigenvalue weighted by atomic mass is 35.5. The molecule has 2 amide bonds. The summed E-state index contributed by atoms with van der Waals surface area (Å²) in [7, 11) is 0. The van der Waals surface area contributed by atoms with Gasteiger partial charge in [0.05, 0.1) is 40.9 Å². The fourth-order valence-corrected chi connectivity index (χ4v) is 5.08. The lowest BCUT2D eigenvalue weighted by molar-refractivity contribution is -0.136. The summed E-state index contributed by atoms with van der Waals surface area (Å²) in [6, 6.07) is 5.83. The van der Waals surface area contributed by atoms with Gasteiger partial charge in [0, 0.05) is 44.7 Å². The average Bonchev–Trinajstić information content (AvgIpc) is 3.38. The predicted octanol–water partition coefficient (Wildman–Crippen LogP) is 4.32. The molecule has 0 N–H and O–H groups in total. The summed E-state index contributed by atoms with van der Waals surface area (Å²) >= 11 is 6.58. The first-order valence-corrected chi connectivity index (χ1v) is 11.9. The number of fused-ring (bicyclic) bond motifs is 1. The van der Waals surface area contributed by atoms with Crippen molar-refractivity contribution in [2.24, 2.45) is 0 Å². The number of anilines is 1. The van der Waals surface area contributed by atoms with Gasteiger partial charge in [-0.25, -0.2) is 13.8 Å². The predicted molar refractivity (Wildman–Crippen MR) is 128 cm³/mol. The number of ether oxygens (including phenoxy) is 1. The molecule has 2 fully saturated rings. The van der Waals surface area contributed by atoms with E-state index in [1.54, 1.807) is 28.5 Å². The number of carbonyl (C=O) groups excluding carboxylic acids is 2. The van der Waals surface area contributed by atoms with Crippen molar-refractivity contribution in [3.8, 4) is 11.4 Å². The van der Waals surface area contributed by atoms with E-state index in [0.717, 1.165) is 0 Å². The van der Waals surface area contributed by atoms with E-state index in [0.29, 0.717) is 61.4 Å². The Kier molecular flexibility index (Phi) is 6.23. The Balaban J connectivity index is 1.61. The third-order valence-corrected chi connectivity index (χ3v) is 6.93. The average molecular weight is 503 g/mol. The number of hydrogen-bond donors (Lipinski definition) is 0. The van der Waals surface area contributed by atoms with E-state index in [1.807, 2.05) is 0 Å². The summed E-state index contributed by atoms with van der Waals surface area (Å²) in [6.07, 6.45) is 0.732. The van der Waals surface area contributed by atoms with Gasteiger partial charge in [-0.1, -0.05) is 11.6 Å². The zero-order chi connectivity index (χ0) is 24.9. The lowest BCUT2D eigenvalue weighted by Gasteiger charge is -2.32. The maximum atomic E-state index is 15.6. The minimum atomic E-state index is -0.629. The van der Waals surface area contributed by atoms with Gasteiger partial charge >= 0.3 is 0 Å². The molecular weight excluding hydrogens is 478 g/mol. The number of aromatic nitrogens is 2. The summed E-state index contributed by atoms with van der Waals surface area (Å²) in [4.78, 5) is 31.9. The quantitative estimate of drug-likeness (QED) is 0.533. The largest absolute Gasteiger partial charge is 0.373 e. The van der Waals surface area contributed by atoms with Crippen LogP contribution in [0.25, 0.3) is 22.4 Å². The molecule has 35 heavy (non-hydrogen) atoms. The minimum absolute atomic E-state index is 0.0585. The summed E-state index contributed by atoms with van der Waals surface area (Å²) in [6.45, 7) is 5.09. The Hall–Kier alpha value is -3.04. The van der Waals surface area contributed by atoms with Gasteiger partial charge in [-0.05, 0) is 37.1 Å². The molecule has 2 aliphatic heterocycles. The summed E-state index contributed by atoms with van der Waals surface area (Å²) < 4.78 is 37.7. The molecule has 3 heterocycles. The molecule has 0 bridgehead atoms. The van der Waals surface area contributed by atoms with E-state index >= 15 is 4.39 Å². The topological polar surface area (TPSA) is 67.7 Å². The molecule has 5 rings (SSSR count). The van der Waals surface area contributed by atoms with E-state index < -0.39 is 17.7 Å². The minimum Gasteiger partial charge on any atom is -0.373 e. The van der Waals surface area contributed by atoms with Gasteiger partial charge in [0.1, 0.15) is 17.5 Å². The number of carbonyl (C=O) groups is 2. The van der Waals surface area contributed by atoms with Gasteiger partial charge in [0.15, 0.2) is 0 Å². The molecule has 1 aromatic heterocycles. The molecule has 3 aromatic rings. The number of benzene rings is 2. The molecule has 0 radical (unpaired) electrons. The van der Waals surface area contributed by atoms with Crippen LogP contribution in [0.15, 0.2) is 24.3 Å². The Labute approximate surface area is 206 Å². The van der Waals surface area contributed by atoms with Crippen LogP contribution in [-0.2, 0) is 20.9 Å². The standard InChI is InChI=1S/C25H25ClF2N4O3/c1-14-8-21-22(11-19(14)27)32(13-17-12-30(15(2)33)6-7-35-17)25(29-21)24-18(26)9-16(10-20(24)28)31-5-3-4-23(31)34/h8-11,17H,3-7,12-13H2,1-2H3/t17-/m1/s1. The van der Waals surface area contributed by atoms with Crippen LogP contribution in [0.1, 0.15) is 25.3 Å². The number of morpholine rings is 1. The number of rotatable bonds is 4. The second kappa shape index (κ2) is 9.20. The molecule has 10 heteroatoms. The van der Waals surface area contributed by atoms with E-state index in [9.17, 15) is 14.0 Å². The smallest absolute Gasteiger partial charge is 0.227 e. The summed E-state index contributed by atoms with van der Waals surface area (Å²) in [5.74, 6) is -0.937. The van der Waals surface area contributed by atoms with Crippen molar-refractivity contribution in [1.29, 1.82) is 0 Å². The Morgan fingerprint density at radius 2 is 2.00 bits per heavy atom. The van der Waals surface area contributed by atoms with Crippen LogP contribution in [-0.4, -0.2) is 58.6 Å². The second-order valence-electron chi connectivity index (χ2n) is 9.03. The fourth-order valence-electron chi connectivity index (χ4n) is 4.80. The zero-order valence-electron chi connectivity index (χ0n) is 19.5. The highest BCUT2D eigenvalue weighted by Crippen LogP contribution is 2.37. The van der Waals surface area contributed by atoms with Crippen LogP contribution in [0, 0.1) is 18.6 Å². The number of amides is 2. The summed E-state index contributed by atoms with van der Waals surface area (Å²) in [5, 5.41) is 0.100. The lowest BCUT2D eigenvalue weighted by Crippen LogP contribution is -2.46. The van der Waals surface area contributed by atoms with E-state index in [1.165, 1.54) is 24.0 Å². The molecule has 2 aromatic carbocycles. The van der Waals surface area contributed by atoms with Gasteiger partial charge in [-0.15, -0.1) is 0 Å². The highest BCUT2D eigenvalue weighted by molar-refractivity contribution is 6.33. The maximum Gasteiger partial charge on any atom is 0.227 e. The molecule has 0 spiro atoms. The van der Waals surface area contributed by atoms with Crippen molar-refractivity contribution in [3.63, 3.8) is 0 Å². The van der Waals surface area contributed by atoms with Crippen LogP contribution < -0.4 is 4.90 Å². The van der Waals surface area contributed by atoms with Crippen LogP contribution in [0.5, 0.6) is 0 Å². The number of hydrogen-bond acceptors (Lipinski definition) is 4. The van der Waals surface area contributed by atoms with Gasteiger partial charge in [-0.3, -0.25) is 9.59 Å². The highest BCUT2D eigenvalue weighted by Gasteiger charge is 2.28. The number of halogens is 3. The first-order valence-electron chi connectivity index (χ1n) is 11.6. The number of imidazole rings is 1. The van der Waals surface area contributed by atoms with Gasteiger partial charge < -0.3 is 19.1 Å². The second-order valence-corrected chi connectivity index (χ2v) is 9.43. The third-order valence-electron chi connectivity index (χ3n) is 6.63. The number of nitrogens with zero attached hydrogens (tertiary/aromatic N) is 4. The molecule has 0 aliphatic carbocycles. The summed E-state index contributed by atoms with van der Waals surface area (Å²) in [5.41, 5.74) is 1.85. The monoisotopic (exact) mass is 502 g/mol. The van der Waals surface area contributed by atoms with E-state index in [2.05, 4.69) is 4.98 Å². The van der Waals surface area contributed by atoms with Gasteiger partial charge in [0.25, 0.3) is 0 Å². The van der Waals surface area contributed by atoms with E-state index in [-0.39, 0.29) is 34.8 Å². The molecular formula is C25H25ClF2N4O3. The third kappa shape index (κ3) is 4.38. The van der Waals surface area contributed by atoms with Crippen molar-refractivity contribution >= 4 is 40.1 Å². The first-order chi connectivity index (χ1) is 16.7. The molecule has 7 nitrogen and oxygen atoms in total. The molecule has 184 valence electrons.